The van der Waals surface area contributed by atoms with Crippen LogP contribution in [0.1, 0.15) is 17.7 Å². The SMILES string of the molecule is CSCc1csc(NC(=O)CCc2ccccc2)n1. The van der Waals surface area contributed by atoms with Crippen LogP contribution in [0.15, 0.2) is 35.7 Å². The molecule has 0 saturated heterocycles. The van der Waals surface area contributed by atoms with Crippen LogP contribution in [0.3, 0.4) is 0 Å². The number of hydrogen-bond donors (Lipinski definition) is 1. The van der Waals surface area contributed by atoms with E-state index in [4.69, 9.17) is 0 Å². The lowest BCUT2D eigenvalue weighted by atomic mass is 10.1. The maximum atomic E-state index is 11.8. The fourth-order valence-electron chi connectivity index (χ4n) is 1.66. The van der Waals surface area contributed by atoms with Gasteiger partial charge in [-0.1, -0.05) is 30.3 Å². The second-order valence-electron chi connectivity index (χ2n) is 4.11. The summed E-state index contributed by atoms with van der Waals surface area (Å²) in [5, 5.41) is 5.54. The number of rotatable bonds is 6. The van der Waals surface area contributed by atoms with Gasteiger partial charge < -0.3 is 5.32 Å². The van der Waals surface area contributed by atoms with Gasteiger partial charge in [0.1, 0.15) is 0 Å². The van der Waals surface area contributed by atoms with Crippen LogP contribution in [-0.2, 0) is 17.0 Å². The standard InChI is InChI=1S/C14H16N2OS2/c1-18-9-12-10-19-14(15-12)16-13(17)8-7-11-5-3-2-4-6-11/h2-6,10H,7-9H2,1H3,(H,15,16,17). The summed E-state index contributed by atoms with van der Waals surface area (Å²) < 4.78 is 0. The van der Waals surface area contributed by atoms with Gasteiger partial charge in [-0.15, -0.1) is 11.3 Å². The Morgan fingerprint density at radius 2 is 2.16 bits per heavy atom. The van der Waals surface area contributed by atoms with Crippen LogP contribution >= 0.6 is 23.1 Å². The number of thiazole rings is 1. The first-order valence-corrected chi connectivity index (χ1v) is 8.32. The molecule has 1 N–H and O–H groups in total. The van der Waals surface area contributed by atoms with Gasteiger partial charge in [0.2, 0.25) is 5.91 Å². The van der Waals surface area contributed by atoms with E-state index in [1.165, 1.54) is 16.9 Å². The van der Waals surface area contributed by atoms with Crippen molar-refractivity contribution < 1.29 is 4.79 Å². The third-order valence-electron chi connectivity index (χ3n) is 2.57. The predicted octanol–water partition coefficient (Wildman–Crippen LogP) is 3.58. The summed E-state index contributed by atoms with van der Waals surface area (Å²) in [5.41, 5.74) is 2.20. The average molecular weight is 292 g/mol. The van der Waals surface area contributed by atoms with E-state index in [1.54, 1.807) is 11.8 Å². The number of aryl methyl sites for hydroxylation is 1. The fourth-order valence-corrected chi connectivity index (χ4v) is 2.94. The molecule has 2 rings (SSSR count). The molecule has 1 aromatic carbocycles. The Balaban J connectivity index is 1.80. The molecule has 0 spiro atoms. The number of anilines is 1. The largest absolute Gasteiger partial charge is 0.302 e. The fraction of sp³-hybridized carbons (Fsp3) is 0.286. The maximum absolute atomic E-state index is 11.8. The minimum atomic E-state index is 0.0221. The first kappa shape index (κ1) is 14.1. The van der Waals surface area contributed by atoms with Gasteiger partial charge in [-0.05, 0) is 18.2 Å². The number of amides is 1. The van der Waals surface area contributed by atoms with Crippen LogP contribution in [0.2, 0.25) is 0 Å². The van der Waals surface area contributed by atoms with Crippen molar-refractivity contribution in [3.63, 3.8) is 0 Å². The number of hydrogen-bond acceptors (Lipinski definition) is 4. The molecule has 0 bridgehead atoms. The van der Waals surface area contributed by atoms with Gasteiger partial charge in [-0.3, -0.25) is 4.79 Å². The second kappa shape index (κ2) is 7.31. The van der Waals surface area contributed by atoms with Gasteiger partial charge in [0, 0.05) is 17.6 Å². The number of nitrogens with one attached hydrogen (secondary N) is 1. The van der Waals surface area contributed by atoms with Gasteiger partial charge in [0.25, 0.3) is 0 Å². The molecule has 0 fully saturated rings. The molecule has 3 nitrogen and oxygen atoms in total. The molecule has 0 atom stereocenters. The van der Waals surface area contributed by atoms with Crippen molar-refractivity contribution in [2.45, 2.75) is 18.6 Å². The lowest BCUT2D eigenvalue weighted by Gasteiger charge is -2.02. The summed E-state index contributed by atoms with van der Waals surface area (Å²) in [6, 6.07) is 10.0. The van der Waals surface area contributed by atoms with Crippen molar-refractivity contribution in [3.05, 3.63) is 47.0 Å². The van der Waals surface area contributed by atoms with Crippen LogP contribution in [0.4, 0.5) is 5.13 Å². The van der Waals surface area contributed by atoms with Crippen molar-refractivity contribution in [3.8, 4) is 0 Å². The lowest BCUT2D eigenvalue weighted by molar-refractivity contribution is -0.116. The highest BCUT2D eigenvalue weighted by Crippen LogP contribution is 2.18. The van der Waals surface area contributed by atoms with Crippen molar-refractivity contribution in [1.82, 2.24) is 4.98 Å². The van der Waals surface area contributed by atoms with Crippen molar-refractivity contribution in [1.29, 1.82) is 0 Å². The zero-order chi connectivity index (χ0) is 13.5. The van der Waals surface area contributed by atoms with Gasteiger partial charge in [0.15, 0.2) is 5.13 Å². The quantitative estimate of drug-likeness (QED) is 0.885. The van der Waals surface area contributed by atoms with Crippen LogP contribution < -0.4 is 5.32 Å². The van der Waals surface area contributed by atoms with Gasteiger partial charge in [0.05, 0.1) is 5.69 Å². The van der Waals surface area contributed by atoms with Crippen LogP contribution in [0, 0.1) is 0 Å². The highest BCUT2D eigenvalue weighted by molar-refractivity contribution is 7.97. The van der Waals surface area contributed by atoms with Crippen molar-refractivity contribution in [2.75, 3.05) is 11.6 Å². The minimum Gasteiger partial charge on any atom is -0.302 e. The van der Waals surface area contributed by atoms with Crippen LogP contribution in [0.5, 0.6) is 0 Å². The molecule has 1 aromatic heterocycles. The van der Waals surface area contributed by atoms with E-state index < -0.39 is 0 Å². The third kappa shape index (κ3) is 4.69. The average Bonchev–Trinajstić information content (AvgIpc) is 2.85. The van der Waals surface area contributed by atoms with Gasteiger partial charge in [-0.2, -0.15) is 11.8 Å². The second-order valence-corrected chi connectivity index (χ2v) is 5.83. The molecule has 0 radical (unpaired) electrons. The van der Waals surface area contributed by atoms with Crippen molar-refractivity contribution in [2.24, 2.45) is 0 Å². The molecular weight excluding hydrogens is 276 g/mol. The smallest absolute Gasteiger partial charge is 0.226 e. The number of thioether (sulfide) groups is 1. The van der Waals surface area contributed by atoms with E-state index in [9.17, 15) is 4.79 Å². The van der Waals surface area contributed by atoms with Gasteiger partial charge >= 0.3 is 0 Å². The van der Waals surface area contributed by atoms with Crippen LogP contribution in [0.25, 0.3) is 0 Å². The first-order chi connectivity index (χ1) is 9.28. The Bertz CT molecular complexity index is 525. The highest BCUT2D eigenvalue weighted by Gasteiger charge is 2.06. The molecule has 5 heteroatoms. The lowest BCUT2D eigenvalue weighted by Crippen LogP contribution is -2.12. The number of nitrogens with zero attached hydrogens (tertiary/aromatic N) is 1. The molecule has 1 amide bonds. The Morgan fingerprint density at radius 3 is 2.89 bits per heavy atom. The Labute approximate surface area is 121 Å². The summed E-state index contributed by atoms with van der Waals surface area (Å²) in [6.45, 7) is 0. The van der Waals surface area contributed by atoms with E-state index in [0.717, 1.165) is 17.9 Å². The number of benzene rings is 1. The normalized spacial score (nSPS) is 10.4. The maximum Gasteiger partial charge on any atom is 0.226 e. The van der Waals surface area contributed by atoms with E-state index in [1.807, 2.05) is 42.0 Å². The molecule has 0 aliphatic heterocycles. The summed E-state index contributed by atoms with van der Waals surface area (Å²) in [6.07, 6.45) is 3.29. The van der Waals surface area contributed by atoms with E-state index in [-0.39, 0.29) is 5.91 Å². The van der Waals surface area contributed by atoms with Crippen molar-refractivity contribution >= 4 is 34.1 Å². The molecule has 100 valence electrons. The van der Waals surface area contributed by atoms with E-state index in [0.29, 0.717) is 11.6 Å². The number of carbonyl (C=O) groups is 1. The Kier molecular flexibility index (Phi) is 5.42. The molecule has 0 unspecified atom stereocenters. The summed E-state index contributed by atoms with van der Waals surface area (Å²) in [5.74, 6) is 0.907. The number of carbonyl (C=O) groups excluding carboxylic acids is 1. The monoisotopic (exact) mass is 292 g/mol. The number of aromatic nitrogens is 1. The molecule has 1 heterocycles. The molecule has 0 aliphatic rings. The van der Waals surface area contributed by atoms with E-state index >= 15 is 0 Å². The summed E-state index contributed by atoms with van der Waals surface area (Å²) in [7, 11) is 0. The molecule has 0 aliphatic carbocycles. The highest BCUT2D eigenvalue weighted by atomic mass is 32.2. The summed E-state index contributed by atoms with van der Waals surface area (Å²) in [4.78, 5) is 16.2. The Hall–Kier alpha value is -1.33. The minimum absolute atomic E-state index is 0.0221. The zero-order valence-electron chi connectivity index (χ0n) is 10.8. The molecule has 19 heavy (non-hydrogen) atoms. The van der Waals surface area contributed by atoms with Gasteiger partial charge in [-0.25, -0.2) is 4.98 Å². The first-order valence-electron chi connectivity index (χ1n) is 6.05. The van der Waals surface area contributed by atoms with Crippen LogP contribution in [-0.4, -0.2) is 17.1 Å². The predicted molar refractivity (Wildman–Crippen MR) is 82.7 cm³/mol. The Morgan fingerprint density at radius 1 is 1.37 bits per heavy atom. The topological polar surface area (TPSA) is 42.0 Å². The van der Waals surface area contributed by atoms with E-state index in [2.05, 4.69) is 10.3 Å². The molecule has 2 aromatic rings. The third-order valence-corrected chi connectivity index (χ3v) is 3.96. The molecule has 0 saturated carbocycles. The zero-order valence-corrected chi connectivity index (χ0v) is 12.4. The molecular formula is C14H16N2OS2. The summed E-state index contributed by atoms with van der Waals surface area (Å²) >= 11 is 3.21.